The van der Waals surface area contributed by atoms with E-state index in [9.17, 15) is 0 Å². The molecule has 0 spiro atoms. The molecule has 0 amide bonds. The van der Waals surface area contributed by atoms with Crippen molar-refractivity contribution in [1.29, 1.82) is 0 Å². The van der Waals surface area contributed by atoms with Crippen LogP contribution in [-0.2, 0) is 5.54 Å². The highest BCUT2D eigenvalue weighted by Gasteiger charge is 2.22. The molecule has 0 fully saturated rings. The topological polar surface area (TPSA) is 52.0 Å². The van der Waals surface area contributed by atoms with Gasteiger partial charge in [-0.1, -0.05) is 0 Å². The number of hydrogen-bond acceptors (Lipinski definition) is 4. The molecule has 2 heterocycles. The van der Waals surface area contributed by atoms with Gasteiger partial charge in [-0.25, -0.2) is 9.97 Å². The summed E-state index contributed by atoms with van der Waals surface area (Å²) in [5.41, 5.74) is 1.89. The Morgan fingerprint density at radius 3 is 2.61 bits per heavy atom. The number of rotatable bonds is 4. The molecule has 2 rings (SSSR count). The summed E-state index contributed by atoms with van der Waals surface area (Å²) in [7, 11) is 3.54. The van der Waals surface area contributed by atoms with Crippen LogP contribution in [0.25, 0.3) is 5.69 Å². The van der Waals surface area contributed by atoms with E-state index in [1.54, 1.807) is 19.6 Å². The number of aromatic nitrogens is 3. The van der Waals surface area contributed by atoms with Crippen LogP contribution in [-0.4, -0.2) is 28.7 Å². The van der Waals surface area contributed by atoms with E-state index in [4.69, 9.17) is 4.74 Å². The van der Waals surface area contributed by atoms with Gasteiger partial charge in [0.25, 0.3) is 0 Å². The van der Waals surface area contributed by atoms with Gasteiger partial charge >= 0.3 is 0 Å². The lowest BCUT2D eigenvalue weighted by atomic mass is 10.0. The van der Waals surface area contributed by atoms with Crippen molar-refractivity contribution in [1.82, 2.24) is 19.9 Å². The summed E-state index contributed by atoms with van der Waals surface area (Å²) in [6, 6.07) is 3.80. The van der Waals surface area contributed by atoms with Crippen molar-refractivity contribution in [2.45, 2.75) is 19.4 Å². The van der Waals surface area contributed by atoms with Gasteiger partial charge in [0.2, 0.25) is 5.88 Å². The molecule has 2 aromatic rings. The monoisotopic (exact) mass is 246 g/mol. The Morgan fingerprint density at radius 2 is 2.06 bits per heavy atom. The zero-order valence-electron chi connectivity index (χ0n) is 11.1. The van der Waals surface area contributed by atoms with Gasteiger partial charge in [-0.3, -0.25) is 4.57 Å². The first kappa shape index (κ1) is 12.6. The highest BCUT2D eigenvalue weighted by Crippen LogP contribution is 2.22. The number of pyridine rings is 1. The normalized spacial score (nSPS) is 11.6. The molecule has 5 heteroatoms. The molecule has 0 aromatic carbocycles. The molecule has 1 N–H and O–H groups in total. The zero-order valence-corrected chi connectivity index (χ0v) is 11.1. The second-order valence-corrected chi connectivity index (χ2v) is 4.58. The van der Waals surface area contributed by atoms with E-state index in [2.05, 4.69) is 29.1 Å². The third-order valence-corrected chi connectivity index (χ3v) is 3.11. The molecule has 0 bridgehead atoms. The van der Waals surface area contributed by atoms with Crippen LogP contribution in [0, 0.1) is 0 Å². The van der Waals surface area contributed by atoms with Crippen molar-refractivity contribution in [3.8, 4) is 11.6 Å². The van der Waals surface area contributed by atoms with E-state index in [0.717, 1.165) is 11.4 Å². The molecule has 5 nitrogen and oxygen atoms in total. The molecule has 0 unspecified atom stereocenters. The molecule has 0 atom stereocenters. The van der Waals surface area contributed by atoms with Gasteiger partial charge in [-0.05, 0) is 27.0 Å². The summed E-state index contributed by atoms with van der Waals surface area (Å²) in [6.45, 7) is 4.22. The maximum absolute atomic E-state index is 5.06. The molecule has 0 aliphatic rings. The molecule has 0 saturated carbocycles. The van der Waals surface area contributed by atoms with Gasteiger partial charge < -0.3 is 10.1 Å². The maximum Gasteiger partial charge on any atom is 0.213 e. The maximum atomic E-state index is 5.06. The fraction of sp³-hybridized carbons (Fsp3) is 0.385. The first-order chi connectivity index (χ1) is 8.58. The number of nitrogens with one attached hydrogen (secondary N) is 1. The molecule has 0 saturated heterocycles. The second-order valence-electron chi connectivity index (χ2n) is 4.58. The minimum Gasteiger partial charge on any atom is -0.481 e. The fourth-order valence-corrected chi connectivity index (χ4v) is 1.73. The lowest BCUT2D eigenvalue weighted by molar-refractivity contribution is 0.397. The summed E-state index contributed by atoms with van der Waals surface area (Å²) >= 11 is 0. The molecule has 96 valence electrons. The molecular formula is C13H18N4O. The average Bonchev–Trinajstić information content (AvgIpc) is 2.89. The smallest absolute Gasteiger partial charge is 0.213 e. The van der Waals surface area contributed by atoms with E-state index in [1.165, 1.54) is 0 Å². The van der Waals surface area contributed by atoms with E-state index in [-0.39, 0.29) is 5.54 Å². The Bertz CT molecular complexity index is 516. The highest BCUT2D eigenvalue weighted by atomic mass is 16.5. The van der Waals surface area contributed by atoms with Gasteiger partial charge in [-0.15, -0.1) is 0 Å². The zero-order chi connectivity index (χ0) is 13.2. The first-order valence-electron chi connectivity index (χ1n) is 5.80. The minimum absolute atomic E-state index is 0.156. The third kappa shape index (κ3) is 2.22. The molecule has 0 aliphatic carbocycles. The highest BCUT2D eigenvalue weighted by molar-refractivity contribution is 5.34. The first-order valence-corrected chi connectivity index (χ1v) is 5.80. The van der Waals surface area contributed by atoms with Crippen LogP contribution in [0.1, 0.15) is 19.5 Å². The van der Waals surface area contributed by atoms with E-state index < -0.39 is 0 Å². The van der Waals surface area contributed by atoms with Crippen LogP contribution in [0.3, 0.4) is 0 Å². The number of imidazole rings is 1. The number of methoxy groups -OCH3 is 1. The third-order valence-electron chi connectivity index (χ3n) is 3.11. The Hall–Kier alpha value is -1.88. The predicted octanol–water partition coefficient (Wildman–Crippen LogP) is 1.73. The average molecular weight is 246 g/mol. The van der Waals surface area contributed by atoms with Crippen molar-refractivity contribution in [3.05, 3.63) is 36.5 Å². The lowest BCUT2D eigenvalue weighted by Crippen LogP contribution is -2.35. The number of hydrogen-bond donors (Lipinski definition) is 1. The second kappa shape index (κ2) is 4.78. The predicted molar refractivity (Wildman–Crippen MR) is 70.0 cm³/mol. The van der Waals surface area contributed by atoms with Crippen LogP contribution < -0.4 is 10.1 Å². The summed E-state index contributed by atoms with van der Waals surface area (Å²) in [5.74, 6) is 0.605. The van der Waals surface area contributed by atoms with Gasteiger partial charge in [0.15, 0.2) is 0 Å². The van der Waals surface area contributed by atoms with Crippen LogP contribution in [0.4, 0.5) is 0 Å². The summed E-state index contributed by atoms with van der Waals surface area (Å²) < 4.78 is 7.07. The Labute approximate surface area is 107 Å². The van der Waals surface area contributed by atoms with Gasteiger partial charge in [0.1, 0.15) is 0 Å². The fourth-order valence-electron chi connectivity index (χ4n) is 1.73. The van der Waals surface area contributed by atoms with Crippen molar-refractivity contribution in [3.63, 3.8) is 0 Å². The van der Waals surface area contributed by atoms with E-state index >= 15 is 0 Å². The molecule has 2 aromatic heterocycles. The molecule has 0 aliphatic heterocycles. The van der Waals surface area contributed by atoms with Gasteiger partial charge in [-0.2, -0.15) is 0 Å². The van der Waals surface area contributed by atoms with Crippen LogP contribution >= 0.6 is 0 Å². The molecule has 0 radical (unpaired) electrons. The number of ether oxygens (including phenoxy) is 1. The standard InChI is InChI=1S/C13H18N4O/c1-13(2,14-3)11-8-15-9-17(11)10-5-6-12(18-4)16-7-10/h5-9,14H,1-4H3. The summed E-state index contributed by atoms with van der Waals surface area (Å²) in [6.07, 6.45) is 5.42. The van der Waals surface area contributed by atoms with E-state index in [0.29, 0.717) is 5.88 Å². The largest absolute Gasteiger partial charge is 0.481 e. The lowest BCUT2D eigenvalue weighted by Gasteiger charge is -2.25. The van der Waals surface area contributed by atoms with Crippen molar-refractivity contribution in [2.75, 3.05) is 14.2 Å². The Morgan fingerprint density at radius 1 is 1.28 bits per heavy atom. The van der Waals surface area contributed by atoms with Crippen molar-refractivity contribution >= 4 is 0 Å². The van der Waals surface area contributed by atoms with Gasteiger partial charge in [0.05, 0.1) is 42.8 Å². The quantitative estimate of drug-likeness (QED) is 0.892. The van der Waals surface area contributed by atoms with Crippen LogP contribution in [0.15, 0.2) is 30.9 Å². The minimum atomic E-state index is -0.156. The Balaban J connectivity index is 2.42. The summed E-state index contributed by atoms with van der Waals surface area (Å²) in [5, 5.41) is 3.27. The van der Waals surface area contributed by atoms with E-state index in [1.807, 2.05) is 29.9 Å². The van der Waals surface area contributed by atoms with Gasteiger partial charge in [0, 0.05) is 6.07 Å². The Kier molecular flexibility index (Phi) is 3.34. The molecule has 18 heavy (non-hydrogen) atoms. The summed E-state index contributed by atoms with van der Waals surface area (Å²) in [4.78, 5) is 8.43. The van der Waals surface area contributed by atoms with Crippen molar-refractivity contribution in [2.24, 2.45) is 0 Å². The molecular weight excluding hydrogens is 228 g/mol. The van der Waals surface area contributed by atoms with Crippen LogP contribution in [0.2, 0.25) is 0 Å². The number of nitrogens with zero attached hydrogens (tertiary/aromatic N) is 3. The van der Waals surface area contributed by atoms with Crippen LogP contribution in [0.5, 0.6) is 5.88 Å². The van der Waals surface area contributed by atoms with Crippen molar-refractivity contribution < 1.29 is 4.74 Å². The SMILES string of the molecule is CNC(C)(C)c1cncn1-c1ccc(OC)nc1.